The second-order valence-electron chi connectivity index (χ2n) is 4.68. The quantitative estimate of drug-likeness (QED) is 0.668. The minimum atomic E-state index is 0.715. The van der Waals surface area contributed by atoms with Gasteiger partial charge in [0, 0.05) is 6.54 Å². The smallest absolute Gasteiger partial charge is 0.00377 e. The van der Waals surface area contributed by atoms with E-state index in [1.807, 2.05) is 0 Å². The minimum Gasteiger partial charge on any atom is -0.330 e. The van der Waals surface area contributed by atoms with Crippen molar-refractivity contribution in [1.82, 2.24) is 4.90 Å². The summed E-state index contributed by atoms with van der Waals surface area (Å²) in [5.74, 6) is 0.963. The molecular weight excluding hydrogens is 148 g/mol. The van der Waals surface area contributed by atoms with Gasteiger partial charge in [-0.1, -0.05) is 0 Å². The fourth-order valence-electron chi connectivity index (χ4n) is 2.94. The molecule has 0 aromatic carbocycles. The largest absolute Gasteiger partial charge is 0.330 e. The van der Waals surface area contributed by atoms with E-state index >= 15 is 0 Å². The molecule has 2 atom stereocenters. The predicted octanol–water partition coefficient (Wildman–Crippen LogP) is 1.07. The monoisotopic (exact) mass is 168 g/mol. The van der Waals surface area contributed by atoms with Crippen LogP contribution in [0, 0.1) is 11.3 Å². The van der Waals surface area contributed by atoms with E-state index in [0.717, 1.165) is 12.5 Å². The highest BCUT2D eigenvalue weighted by Crippen LogP contribution is 2.59. The van der Waals surface area contributed by atoms with Crippen LogP contribution >= 0.6 is 0 Å². The van der Waals surface area contributed by atoms with Gasteiger partial charge in [-0.15, -0.1) is 0 Å². The fourth-order valence-corrected chi connectivity index (χ4v) is 2.94. The van der Waals surface area contributed by atoms with Gasteiger partial charge in [-0.3, -0.25) is 0 Å². The first-order valence-corrected chi connectivity index (χ1v) is 5.15. The Morgan fingerprint density at radius 3 is 3.08 bits per heavy atom. The molecule has 1 spiro atoms. The summed E-state index contributed by atoms with van der Waals surface area (Å²) in [6.07, 6.45) is 5.57. The summed E-state index contributed by atoms with van der Waals surface area (Å²) >= 11 is 0. The lowest BCUT2D eigenvalue weighted by atomic mass is 9.92. The summed E-state index contributed by atoms with van der Waals surface area (Å²) < 4.78 is 0. The van der Waals surface area contributed by atoms with E-state index in [4.69, 9.17) is 5.73 Å². The van der Waals surface area contributed by atoms with Gasteiger partial charge in [0.2, 0.25) is 0 Å². The Morgan fingerprint density at radius 2 is 2.42 bits per heavy atom. The number of likely N-dealkylation sites (tertiary alicyclic amines) is 1. The van der Waals surface area contributed by atoms with Crippen LogP contribution in [0.25, 0.3) is 0 Å². The lowest BCUT2D eigenvalue weighted by Gasteiger charge is -2.30. The van der Waals surface area contributed by atoms with Gasteiger partial charge >= 0.3 is 0 Å². The molecule has 0 aromatic rings. The van der Waals surface area contributed by atoms with Crippen LogP contribution in [0.4, 0.5) is 0 Å². The zero-order chi connectivity index (χ0) is 8.60. The normalized spacial score (nSPS) is 42.0. The zero-order valence-corrected chi connectivity index (χ0v) is 8.05. The summed E-state index contributed by atoms with van der Waals surface area (Å²) in [6.45, 7) is 3.52. The molecule has 1 aliphatic carbocycles. The first-order valence-electron chi connectivity index (χ1n) is 5.15. The maximum atomic E-state index is 5.58. The van der Waals surface area contributed by atoms with Crippen LogP contribution in [0.5, 0.6) is 0 Å². The Kier molecular flexibility index (Phi) is 2.13. The lowest BCUT2D eigenvalue weighted by Crippen LogP contribution is -2.34. The molecule has 2 nitrogen and oxygen atoms in total. The van der Waals surface area contributed by atoms with Crippen LogP contribution in [0.1, 0.15) is 25.7 Å². The van der Waals surface area contributed by atoms with E-state index < -0.39 is 0 Å². The molecule has 2 aliphatic rings. The molecule has 0 aromatic heterocycles. The van der Waals surface area contributed by atoms with Crippen LogP contribution in [-0.2, 0) is 0 Å². The van der Waals surface area contributed by atoms with E-state index in [0.29, 0.717) is 5.41 Å². The molecular formula is C10H20N2. The van der Waals surface area contributed by atoms with Crippen LogP contribution in [0.3, 0.4) is 0 Å². The number of nitrogens with zero attached hydrogens (tertiary/aromatic N) is 1. The van der Waals surface area contributed by atoms with Crippen LogP contribution in [-0.4, -0.2) is 31.6 Å². The van der Waals surface area contributed by atoms with Crippen molar-refractivity contribution < 1.29 is 0 Å². The maximum absolute atomic E-state index is 5.58. The van der Waals surface area contributed by atoms with Crippen LogP contribution in [0.2, 0.25) is 0 Å². The SMILES string of the molecule is CN1CCCC2(CC2CCN)C1. The highest BCUT2D eigenvalue weighted by Gasteiger charge is 2.53. The zero-order valence-electron chi connectivity index (χ0n) is 8.05. The first kappa shape index (κ1) is 8.52. The van der Waals surface area contributed by atoms with Crippen molar-refractivity contribution in [2.24, 2.45) is 17.1 Å². The predicted molar refractivity (Wildman–Crippen MR) is 50.9 cm³/mol. The van der Waals surface area contributed by atoms with E-state index in [1.165, 1.54) is 38.8 Å². The van der Waals surface area contributed by atoms with E-state index in [-0.39, 0.29) is 0 Å². The molecule has 2 fully saturated rings. The molecule has 0 bridgehead atoms. The van der Waals surface area contributed by atoms with Gasteiger partial charge in [0.05, 0.1) is 0 Å². The second-order valence-corrected chi connectivity index (χ2v) is 4.68. The lowest BCUT2D eigenvalue weighted by molar-refractivity contribution is 0.179. The molecule has 2 unspecified atom stereocenters. The molecule has 70 valence electrons. The molecule has 1 saturated carbocycles. The highest BCUT2D eigenvalue weighted by atomic mass is 15.1. The number of hydrogen-bond donors (Lipinski definition) is 1. The average molecular weight is 168 g/mol. The third kappa shape index (κ3) is 1.38. The highest BCUT2D eigenvalue weighted by molar-refractivity contribution is 5.05. The Bertz CT molecular complexity index is 169. The average Bonchev–Trinajstić information content (AvgIpc) is 2.63. The van der Waals surface area contributed by atoms with Gasteiger partial charge in [-0.25, -0.2) is 0 Å². The third-order valence-corrected chi connectivity index (χ3v) is 3.67. The van der Waals surface area contributed by atoms with Crippen molar-refractivity contribution in [1.29, 1.82) is 0 Å². The van der Waals surface area contributed by atoms with Crippen molar-refractivity contribution in [2.75, 3.05) is 26.7 Å². The van der Waals surface area contributed by atoms with Crippen LogP contribution in [0.15, 0.2) is 0 Å². The van der Waals surface area contributed by atoms with Crippen molar-refractivity contribution in [2.45, 2.75) is 25.7 Å². The number of hydrogen-bond acceptors (Lipinski definition) is 2. The Morgan fingerprint density at radius 1 is 1.58 bits per heavy atom. The van der Waals surface area contributed by atoms with Crippen molar-refractivity contribution in [3.63, 3.8) is 0 Å². The summed E-state index contributed by atoms with van der Waals surface area (Å²) in [5, 5.41) is 0. The van der Waals surface area contributed by atoms with Crippen molar-refractivity contribution >= 4 is 0 Å². The molecule has 2 heteroatoms. The molecule has 1 saturated heterocycles. The van der Waals surface area contributed by atoms with Crippen molar-refractivity contribution in [3.8, 4) is 0 Å². The van der Waals surface area contributed by atoms with E-state index in [9.17, 15) is 0 Å². The van der Waals surface area contributed by atoms with Gasteiger partial charge in [0.25, 0.3) is 0 Å². The molecule has 12 heavy (non-hydrogen) atoms. The van der Waals surface area contributed by atoms with Gasteiger partial charge in [-0.2, -0.15) is 0 Å². The minimum absolute atomic E-state index is 0.715. The van der Waals surface area contributed by atoms with E-state index in [2.05, 4.69) is 11.9 Å². The van der Waals surface area contributed by atoms with Crippen LogP contribution < -0.4 is 5.73 Å². The fraction of sp³-hybridized carbons (Fsp3) is 1.00. The number of rotatable bonds is 2. The first-order chi connectivity index (χ1) is 5.77. The van der Waals surface area contributed by atoms with Gasteiger partial charge in [0.15, 0.2) is 0 Å². The Balaban J connectivity index is 1.88. The molecule has 2 N–H and O–H groups in total. The third-order valence-electron chi connectivity index (χ3n) is 3.67. The van der Waals surface area contributed by atoms with E-state index in [1.54, 1.807) is 0 Å². The maximum Gasteiger partial charge on any atom is 0.00377 e. The van der Waals surface area contributed by atoms with Gasteiger partial charge in [-0.05, 0) is 57.2 Å². The summed E-state index contributed by atoms with van der Waals surface area (Å²) in [4.78, 5) is 2.49. The molecule has 1 aliphatic heterocycles. The second kappa shape index (κ2) is 3.00. The molecule has 0 amide bonds. The Labute approximate surface area is 75.1 Å². The summed E-state index contributed by atoms with van der Waals surface area (Å²) in [6, 6.07) is 0. The summed E-state index contributed by atoms with van der Waals surface area (Å²) in [5.41, 5.74) is 6.30. The Hall–Kier alpha value is -0.0800. The summed E-state index contributed by atoms with van der Waals surface area (Å²) in [7, 11) is 2.25. The standard InChI is InChI=1S/C10H20N2/c1-12-6-2-4-10(8-12)7-9(10)3-5-11/h9H,2-8,11H2,1H3. The van der Waals surface area contributed by atoms with Gasteiger partial charge in [0.1, 0.15) is 0 Å². The molecule has 1 heterocycles. The molecule has 0 radical (unpaired) electrons. The number of nitrogens with two attached hydrogens (primary N) is 1. The number of piperidine rings is 1. The van der Waals surface area contributed by atoms with Gasteiger partial charge < -0.3 is 10.6 Å². The topological polar surface area (TPSA) is 29.3 Å². The van der Waals surface area contributed by atoms with Crippen molar-refractivity contribution in [3.05, 3.63) is 0 Å². The molecule has 2 rings (SSSR count).